The maximum absolute atomic E-state index is 12.2. The summed E-state index contributed by atoms with van der Waals surface area (Å²) >= 11 is 0. The lowest BCUT2D eigenvalue weighted by atomic mass is 10.0. The topological polar surface area (TPSA) is 106 Å². The number of para-hydroxylation sites is 1. The molecule has 1 aliphatic rings. The van der Waals surface area contributed by atoms with Crippen molar-refractivity contribution in [2.45, 2.75) is 0 Å². The predicted molar refractivity (Wildman–Crippen MR) is 82.0 cm³/mol. The van der Waals surface area contributed by atoms with Gasteiger partial charge < -0.3 is 25.4 Å². The number of carbonyl (C=O) groups is 3. The second-order valence-corrected chi connectivity index (χ2v) is 4.59. The molecule has 3 N–H and O–H groups in total. The molecular weight excluding hydrogens is 302 g/mol. The number of methoxy groups -OCH3 is 2. The van der Waals surface area contributed by atoms with Crippen LogP contribution in [0.4, 0.5) is 5.69 Å². The molecule has 0 unspecified atom stereocenters. The van der Waals surface area contributed by atoms with Gasteiger partial charge in [0.1, 0.15) is 11.4 Å². The Hall–Kier alpha value is -3.03. The second kappa shape index (κ2) is 7.30. The van der Waals surface area contributed by atoms with Gasteiger partial charge in [-0.05, 0) is 6.07 Å². The van der Waals surface area contributed by atoms with E-state index in [1.807, 2.05) is 0 Å². The van der Waals surface area contributed by atoms with Crippen molar-refractivity contribution in [1.29, 1.82) is 0 Å². The zero-order chi connectivity index (χ0) is 16.8. The van der Waals surface area contributed by atoms with Gasteiger partial charge in [0, 0.05) is 24.3 Å². The SMILES string of the molecule is COC(=O)C(=O)Nc1ccccc1C(C(=O)OC)=C1NCCN1. The van der Waals surface area contributed by atoms with E-state index in [-0.39, 0.29) is 5.57 Å². The molecule has 0 aliphatic carbocycles. The summed E-state index contributed by atoms with van der Waals surface area (Å²) in [6.45, 7) is 1.32. The van der Waals surface area contributed by atoms with E-state index in [0.29, 0.717) is 30.2 Å². The Morgan fingerprint density at radius 1 is 1.00 bits per heavy atom. The van der Waals surface area contributed by atoms with Gasteiger partial charge in [0.2, 0.25) is 0 Å². The minimum Gasteiger partial charge on any atom is -0.465 e. The number of benzene rings is 1. The lowest BCUT2D eigenvalue weighted by Gasteiger charge is -2.14. The van der Waals surface area contributed by atoms with E-state index in [0.717, 1.165) is 7.11 Å². The molecule has 1 aliphatic heterocycles. The van der Waals surface area contributed by atoms with E-state index in [1.165, 1.54) is 7.11 Å². The standard InChI is InChI=1S/C15H17N3O5/c1-22-14(20)11(12-16-7-8-17-12)9-5-3-4-6-10(9)18-13(19)15(21)23-2/h3-6,16-17H,7-8H2,1-2H3,(H,18,19). The van der Waals surface area contributed by atoms with Crippen LogP contribution < -0.4 is 16.0 Å². The average molecular weight is 319 g/mol. The van der Waals surface area contributed by atoms with E-state index in [2.05, 4.69) is 20.7 Å². The second-order valence-electron chi connectivity index (χ2n) is 4.59. The fraction of sp³-hybridized carbons (Fsp3) is 0.267. The normalized spacial score (nSPS) is 12.7. The Kier molecular flexibility index (Phi) is 5.19. The van der Waals surface area contributed by atoms with Crippen LogP contribution in [0, 0.1) is 0 Å². The fourth-order valence-corrected chi connectivity index (χ4v) is 2.14. The van der Waals surface area contributed by atoms with Gasteiger partial charge in [-0.1, -0.05) is 18.2 Å². The average Bonchev–Trinajstić information content (AvgIpc) is 3.09. The molecule has 122 valence electrons. The number of carbonyl (C=O) groups excluding carboxylic acids is 3. The Balaban J connectivity index is 2.45. The number of rotatable bonds is 3. The smallest absolute Gasteiger partial charge is 0.396 e. The van der Waals surface area contributed by atoms with Crippen molar-refractivity contribution in [3.8, 4) is 0 Å². The Morgan fingerprint density at radius 3 is 2.22 bits per heavy atom. The third-order valence-corrected chi connectivity index (χ3v) is 3.18. The number of hydrogen-bond acceptors (Lipinski definition) is 7. The molecule has 0 saturated carbocycles. The fourth-order valence-electron chi connectivity index (χ4n) is 2.14. The van der Waals surface area contributed by atoms with Crippen LogP contribution in [0.1, 0.15) is 5.56 Å². The summed E-state index contributed by atoms with van der Waals surface area (Å²) in [5.41, 5.74) is 0.963. The van der Waals surface area contributed by atoms with Crippen LogP contribution >= 0.6 is 0 Å². The first kappa shape index (κ1) is 16.3. The summed E-state index contributed by atoms with van der Waals surface area (Å²) in [6.07, 6.45) is 0. The van der Waals surface area contributed by atoms with E-state index < -0.39 is 17.8 Å². The first-order chi connectivity index (χ1) is 11.1. The maximum atomic E-state index is 12.2. The number of hydrogen-bond donors (Lipinski definition) is 3. The van der Waals surface area contributed by atoms with E-state index in [1.54, 1.807) is 24.3 Å². The highest BCUT2D eigenvalue weighted by Gasteiger charge is 2.24. The van der Waals surface area contributed by atoms with Crippen LogP contribution in [0.25, 0.3) is 5.57 Å². The zero-order valence-electron chi connectivity index (χ0n) is 12.8. The molecule has 1 saturated heterocycles. The van der Waals surface area contributed by atoms with Crippen molar-refractivity contribution in [3.05, 3.63) is 35.6 Å². The van der Waals surface area contributed by atoms with E-state index >= 15 is 0 Å². The van der Waals surface area contributed by atoms with Crippen molar-refractivity contribution in [2.75, 3.05) is 32.6 Å². The zero-order valence-corrected chi connectivity index (χ0v) is 12.8. The molecule has 1 aromatic rings. The lowest BCUT2D eigenvalue weighted by Crippen LogP contribution is -2.25. The van der Waals surface area contributed by atoms with Gasteiger partial charge >= 0.3 is 17.8 Å². The minimum atomic E-state index is -1.02. The van der Waals surface area contributed by atoms with Crippen LogP contribution in [0.2, 0.25) is 0 Å². The van der Waals surface area contributed by atoms with Crippen molar-refractivity contribution in [1.82, 2.24) is 10.6 Å². The summed E-state index contributed by atoms with van der Waals surface area (Å²) in [5, 5.41) is 8.53. The molecule has 8 heteroatoms. The van der Waals surface area contributed by atoms with Crippen molar-refractivity contribution < 1.29 is 23.9 Å². The van der Waals surface area contributed by atoms with E-state index in [4.69, 9.17) is 4.74 Å². The highest BCUT2D eigenvalue weighted by Crippen LogP contribution is 2.27. The largest absolute Gasteiger partial charge is 0.465 e. The highest BCUT2D eigenvalue weighted by atomic mass is 16.5. The molecule has 1 amide bonds. The van der Waals surface area contributed by atoms with Crippen LogP contribution in [0.3, 0.4) is 0 Å². The third-order valence-electron chi connectivity index (χ3n) is 3.18. The van der Waals surface area contributed by atoms with Gasteiger partial charge in [-0.2, -0.15) is 0 Å². The molecule has 8 nitrogen and oxygen atoms in total. The first-order valence-electron chi connectivity index (χ1n) is 6.87. The molecule has 23 heavy (non-hydrogen) atoms. The Morgan fingerprint density at radius 2 is 1.61 bits per heavy atom. The maximum Gasteiger partial charge on any atom is 0.396 e. The predicted octanol–water partition coefficient (Wildman–Crippen LogP) is -0.168. The Bertz CT molecular complexity index is 661. The van der Waals surface area contributed by atoms with Crippen molar-refractivity contribution >= 4 is 29.1 Å². The number of anilines is 1. The summed E-state index contributed by atoms with van der Waals surface area (Å²) in [6, 6.07) is 6.61. The number of esters is 2. The van der Waals surface area contributed by atoms with Gasteiger partial charge in [0.05, 0.1) is 14.2 Å². The van der Waals surface area contributed by atoms with Gasteiger partial charge in [0.15, 0.2) is 0 Å². The molecule has 2 rings (SSSR count). The minimum absolute atomic E-state index is 0.241. The molecule has 0 bridgehead atoms. The molecule has 0 atom stereocenters. The number of ether oxygens (including phenoxy) is 2. The monoisotopic (exact) mass is 319 g/mol. The third kappa shape index (κ3) is 3.60. The lowest BCUT2D eigenvalue weighted by molar-refractivity contribution is -0.150. The summed E-state index contributed by atoms with van der Waals surface area (Å²) in [7, 11) is 2.38. The van der Waals surface area contributed by atoms with Crippen LogP contribution in [-0.2, 0) is 23.9 Å². The summed E-state index contributed by atoms with van der Waals surface area (Å²) in [5.74, 6) is -2.01. The molecule has 1 heterocycles. The van der Waals surface area contributed by atoms with Gasteiger partial charge in [-0.25, -0.2) is 9.59 Å². The van der Waals surface area contributed by atoms with Gasteiger partial charge in [-0.15, -0.1) is 0 Å². The molecule has 1 aromatic carbocycles. The van der Waals surface area contributed by atoms with E-state index in [9.17, 15) is 14.4 Å². The molecule has 1 fully saturated rings. The van der Waals surface area contributed by atoms with Gasteiger partial charge in [0.25, 0.3) is 0 Å². The van der Waals surface area contributed by atoms with Crippen LogP contribution in [0.5, 0.6) is 0 Å². The quantitative estimate of drug-likeness (QED) is 0.403. The summed E-state index contributed by atoms with van der Waals surface area (Å²) in [4.78, 5) is 35.2. The molecule has 0 spiro atoms. The van der Waals surface area contributed by atoms with Crippen LogP contribution in [0.15, 0.2) is 30.1 Å². The van der Waals surface area contributed by atoms with Gasteiger partial charge in [-0.3, -0.25) is 4.79 Å². The number of nitrogens with one attached hydrogen (secondary N) is 3. The molecule has 0 radical (unpaired) electrons. The summed E-state index contributed by atoms with van der Waals surface area (Å²) < 4.78 is 9.20. The Labute approximate surface area is 132 Å². The van der Waals surface area contributed by atoms with Crippen molar-refractivity contribution in [2.24, 2.45) is 0 Å². The van der Waals surface area contributed by atoms with Crippen molar-refractivity contribution in [3.63, 3.8) is 0 Å². The molecule has 0 aromatic heterocycles. The van der Waals surface area contributed by atoms with Crippen LogP contribution in [-0.4, -0.2) is 45.2 Å². The highest BCUT2D eigenvalue weighted by molar-refractivity contribution is 6.37. The first-order valence-corrected chi connectivity index (χ1v) is 6.87. The molecular formula is C15H17N3O5. The number of amides is 1.